The Labute approximate surface area is 305 Å². The summed E-state index contributed by atoms with van der Waals surface area (Å²) < 4.78 is 13.5. The molecule has 12 heteroatoms. The van der Waals surface area contributed by atoms with Crippen LogP contribution < -0.4 is 16.0 Å². The number of para-hydroxylation sites is 1. The maximum absolute atomic E-state index is 14.4. The average Bonchev–Trinajstić information content (AvgIpc) is 3.71. The van der Waals surface area contributed by atoms with Crippen LogP contribution in [0.15, 0.2) is 79.4 Å². The fourth-order valence-electron chi connectivity index (χ4n) is 8.81. The molecule has 2 bridgehead atoms. The molecule has 11 nitrogen and oxygen atoms in total. The highest BCUT2D eigenvalue weighted by atomic mass is 16.7. The number of hydrogen-bond donors (Lipinski definition) is 4. The molecular weight excluding hydrogens is 655 g/mol. The quantitative estimate of drug-likeness (QED) is 0.146. The lowest BCUT2D eigenvalue weighted by Crippen LogP contribution is -2.65. The van der Waals surface area contributed by atoms with Gasteiger partial charge in [0, 0.05) is 42.3 Å². The number of carbonyl (C=O) groups is 3. The largest absolute Gasteiger partial charge is 0.481 e. The van der Waals surface area contributed by atoms with Crippen LogP contribution >= 0.6 is 0 Å². The lowest BCUT2D eigenvalue weighted by Gasteiger charge is -2.64. The number of carbonyl (C=O) groups excluding carboxylic acids is 3. The van der Waals surface area contributed by atoms with Crippen LogP contribution in [0, 0.1) is 23.2 Å². The van der Waals surface area contributed by atoms with Crippen molar-refractivity contribution in [3.8, 4) is 0 Å². The number of amides is 3. The summed E-state index contributed by atoms with van der Waals surface area (Å²) in [4.78, 5) is 53.5. The van der Waals surface area contributed by atoms with Crippen LogP contribution in [0.4, 0.5) is 0 Å². The molecule has 0 unspecified atom stereocenters. The van der Waals surface area contributed by atoms with Gasteiger partial charge in [-0.1, -0.05) is 76.2 Å². The molecule has 3 heterocycles. The summed E-state index contributed by atoms with van der Waals surface area (Å²) >= 11 is 0. The molecule has 4 N–H and O–H groups in total. The fraction of sp³-hybridized carbons (Fsp3) is 0.475. The molecule has 1 aliphatic heterocycles. The number of benzene rings is 2. The average molecular weight is 705 g/mol. The Morgan fingerprint density at radius 1 is 0.923 bits per heavy atom. The minimum atomic E-state index is -1.02. The van der Waals surface area contributed by atoms with Crippen LogP contribution in [0.1, 0.15) is 75.5 Å². The molecule has 7 atom stereocenters. The van der Waals surface area contributed by atoms with Crippen LogP contribution in [0.5, 0.6) is 0 Å². The second-order valence-electron chi connectivity index (χ2n) is 16.0. The van der Waals surface area contributed by atoms with E-state index in [0.29, 0.717) is 18.3 Å². The minimum absolute atomic E-state index is 0.0242. The molecule has 0 radical (unpaired) electrons. The Bertz CT molecular complexity index is 1900. The molecule has 52 heavy (non-hydrogen) atoms. The topological polar surface area (TPSA) is 147 Å². The molecular formula is C40H49BN6O5. The van der Waals surface area contributed by atoms with Gasteiger partial charge in [0.2, 0.25) is 11.8 Å². The number of rotatable bonds is 13. The Kier molecular flexibility index (Phi) is 9.97. The molecule has 4 aliphatic rings. The van der Waals surface area contributed by atoms with Crippen molar-refractivity contribution in [3.05, 3.63) is 96.2 Å². The molecule has 2 aromatic carbocycles. The molecule has 0 spiro atoms. The molecule has 1 saturated heterocycles. The van der Waals surface area contributed by atoms with Crippen molar-refractivity contribution in [1.29, 1.82) is 0 Å². The zero-order valence-electron chi connectivity index (χ0n) is 30.6. The minimum Gasteiger partial charge on any atom is -0.404 e. The predicted octanol–water partition coefficient (Wildman–Crippen LogP) is 4.82. The first kappa shape index (κ1) is 35.8. The second kappa shape index (κ2) is 14.5. The third-order valence-electron chi connectivity index (χ3n) is 11.8. The lowest BCUT2D eigenvalue weighted by molar-refractivity contribution is -0.199. The number of H-pyrrole nitrogens is 1. The summed E-state index contributed by atoms with van der Waals surface area (Å²) in [5, 5.41) is 10.1. The van der Waals surface area contributed by atoms with E-state index < -0.39 is 42.6 Å². The number of nitrogens with zero attached hydrogens (tertiary/aromatic N) is 2. The van der Waals surface area contributed by atoms with Crippen molar-refractivity contribution >= 4 is 35.7 Å². The van der Waals surface area contributed by atoms with Gasteiger partial charge >= 0.3 is 7.12 Å². The maximum Gasteiger partial charge on any atom is 0.481 e. The van der Waals surface area contributed by atoms with Crippen molar-refractivity contribution in [3.63, 3.8) is 0 Å². The Balaban J connectivity index is 1.13. The van der Waals surface area contributed by atoms with Gasteiger partial charge in [-0.05, 0) is 66.5 Å². The lowest BCUT2D eigenvalue weighted by atomic mass is 9.43. The van der Waals surface area contributed by atoms with Gasteiger partial charge in [0.1, 0.15) is 17.8 Å². The van der Waals surface area contributed by atoms with Gasteiger partial charge < -0.3 is 30.2 Å². The van der Waals surface area contributed by atoms with Crippen molar-refractivity contribution in [2.75, 3.05) is 0 Å². The van der Waals surface area contributed by atoms with Crippen LogP contribution in [-0.4, -0.2) is 69.5 Å². The predicted molar refractivity (Wildman–Crippen MR) is 199 cm³/mol. The zero-order valence-corrected chi connectivity index (χ0v) is 30.6. The van der Waals surface area contributed by atoms with Gasteiger partial charge in [0.05, 0.1) is 23.8 Å². The number of aromatic nitrogens is 3. The summed E-state index contributed by atoms with van der Waals surface area (Å²) in [5.41, 5.74) is 2.51. The van der Waals surface area contributed by atoms with E-state index in [1.807, 2.05) is 60.8 Å². The summed E-state index contributed by atoms with van der Waals surface area (Å²) in [6.07, 6.45) is 9.22. The van der Waals surface area contributed by atoms with Gasteiger partial charge in [0.25, 0.3) is 5.91 Å². The highest BCUT2D eigenvalue weighted by Crippen LogP contribution is 2.65. The van der Waals surface area contributed by atoms with E-state index in [-0.39, 0.29) is 41.9 Å². The van der Waals surface area contributed by atoms with Crippen molar-refractivity contribution in [2.45, 2.75) is 96.5 Å². The first-order chi connectivity index (χ1) is 24.9. The van der Waals surface area contributed by atoms with Crippen LogP contribution in [0.25, 0.3) is 10.9 Å². The van der Waals surface area contributed by atoms with E-state index in [2.05, 4.69) is 65.5 Å². The monoisotopic (exact) mass is 704 g/mol. The molecule has 3 aliphatic carbocycles. The van der Waals surface area contributed by atoms with Gasteiger partial charge in [-0.3, -0.25) is 19.4 Å². The van der Waals surface area contributed by atoms with E-state index in [1.54, 1.807) is 0 Å². The number of fused-ring (bicyclic) bond motifs is 1. The molecule has 4 fully saturated rings. The van der Waals surface area contributed by atoms with Gasteiger partial charge in [-0.2, -0.15) is 0 Å². The third kappa shape index (κ3) is 7.10. The van der Waals surface area contributed by atoms with E-state index in [4.69, 9.17) is 9.31 Å². The smallest absolute Gasteiger partial charge is 0.404 e. The maximum atomic E-state index is 14.4. The van der Waals surface area contributed by atoms with Gasteiger partial charge in [-0.15, -0.1) is 0 Å². The summed E-state index contributed by atoms with van der Waals surface area (Å²) in [6.45, 7) is 11.1. The third-order valence-corrected chi connectivity index (χ3v) is 11.8. The molecule has 272 valence electrons. The Morgan fingerprint density at radius 3 is 2.38 bits per heavy atom. The summed E-state index contributed by atoms with van der Waals surface area (Å²) in [5.74, 6) is -0.561. The van der Waals surface area contributed by atoms with Crippen LogP contribution in [0.2, 0.25) is 0 Å². The molecule has 3 saturated carbocycles. The summed E-state index contributed by atoms with van der Waals surface area (Å²) in [7, 11) is -0.606. The highest BCUT2D eigenvalue weighted by Gasteiger charge is 2.68. The Morgan fingerprint density at radius 2 is 1.65 bits per heavy atom. The van der Waals surface area contributed by atoms with Crippen molar-refractivity contribution < 1.29 is 23.7 Å². The second-order valence-corrected chi connectivity index (χ2v) is 16.0. The van der Waals surface area contributed by atoms with Crippen LogP contribution in [-0.2, 0) is 31.7 Å². The van der Waals surface area contributed by atoms with E-state index in [9.17, 15) is 14.4 Å². The van der Waals surface area contributed by atoms with Crippen molar-refractivity contribution in [2.24, 2.45) is 23.2 Å². The fourth-order valence-corrected chi connectivity index (χ4v) is 8.81. The van der Waals surface area contributed by atoms with Crippen molar-refractivity contribution in [1.82, 2.24) is 30.9 Å². The number of hydrogen-bond acceptors (Lipinski definition) is 7. The SMILES string of the molecule is CC(C)C[C@H](NC(=O)[C@H](Cc1ccccc1)NC(=O)[C@H](Cc1c[nH]c2ccccc12)NC(=O)c1cnccn1)B1O[C@H]2C[C@@H]3C[C@@H](C3(C)C)[C@@]2(C)O1. The molecule has 4 aromatic rings. The highest BCUT2D eigenvalue weighted by molar-refractivity contribution is 6.48. The Hall–Kier alpha value is -4.55. The first-order valence-corrected chi connectivity index (χ1v) is 18.5. The molecule has 3 amide bonds. The standard InChI is InChI=1S/C40H49BN6O5/c1-24(2)17-35(41-51-34-21-27-20-33(39(27,3)4)40(34,5)52-41)47-37(49)30(18-25-11-7-6-8-12-25)45-36(48)31(46-38(50)32-23-42-15-16-43-32)19-26-22-44-29-14-10-9-13-28(26)29/h6-16,22-24,27,30-31,33-35,44H,17-21H2,1-5H3,(H,45,48)(H,46,50)(H,47,49)/t27-,30-,31-,33-,34-,35-,40+/m0/s1. The van der Waals surface area contributed by atoms with E-state index in [0.717, 1.165) is 34.9 Å². The van der Waals surface area contributed by atoms with E-state index in [1.165, 1.54) is 18.6 Å². The molecule has 8 rings (SSSR count). The van der Waals surface area contributed by atoms with Crippen LogP contribution in [0.3, 0.4) is 0 Å². The summed E-state index contributed by atoms with van der Waals surface area (Å²) in [6, 6.07) is 15.4. The zero-order chi connectivity index (χ0) is 36.6. The number of aromatic amines is 1. The van der Waals surface area contributed by atoms with E-state index >= 15 is 0 Å². The van der Waals surface area contributed by atoms with Gasteiger partial charge in [-0.25, -0.2) is 4.98 Å². The number of nitrogens with one attached hydrogen (secondary N) is 4. The molecule has 2 aromatic heterocycles. The van der Waals surface area contributed by atoms with Gasteiger partial charge in [0.15, 0.2) is 0 Å². The first-order valence-electron chi connectivity index (χ1n) is 18.5. The normalized spacial score (nSPS) is 24.7.